The van der Waals surface area contributed by atoms with Crippen LogP contribution < -0.4 is 0 Å². The Morgan fingerprint density at radius 1 is 0.952 bits per heavy atom. The highest BCUT2D eigenvalue weighted by atomic mass is 35.5. The van der Waals surface area contributed by atoms with Gasteiger partial charge in [0.25, 0.3) is 0 Å². The zero-order valence-corrected chi connectivity index (χ0v) is 12.5. The predicted octanol–water partition coefficient (Wildman–Crippen LogP) is 4.63. The van der Waals surface area contributed by atoms with Gasteiger partial charge in [-0.2, -0.15) is 0 Å². The standard InChI is InChI=1S/C16H11ClN2OS/c17-12-3-1-11(2-4-12)15-9-10-19(16(21)18-15)13-5-7-14(20)8-6-13/h1-10,20H. The van der Waals surface area contributed by atoms with E-state index < -0.39 is 0 Å². The lowest BCUT2D eigenvalue weighted by atomic mass is 10.1. The molecule has 0 amide bonds. The molecule has 0 aliphatic heterocycles. The van der Waals surface area contributed by atoms with Crippen LogP contribution in [-0.2, 0) is 0 Å². The van der Waals surface area contributed by atoms with Crippen molar-refractivity contribution in [3.8, 4) is 22.7 Å². The number of hydrogen-bond acceptors (Lipinski definition) is 3. The molecule has 0 aliphatic carbocycles. The second kappa shape index (κ2) is 5.68. The minimum absolute atomic E-state index is 0.219. The van der Waals surface area contributed by atoms with Gasteiger partial charge in [-0.15, -0.1) is 0 Å². The van der Waals surface area contributed by atoms with E-state index in [4.69, 9.17) is 23.8 Å². The van der Waals surface area contributed by atoms with Crippen molar-refractivity contribution in [2.24, 2.45) is 0 Å². The van der Waals surface area contributed by atoms with Crippen LogP contribution in [0.25, 0.3) is 16.9 Å². The lowest BCUT2D eigenvalue weighted by Crippen LogP contribution is -1.99. The van der Waals surface area contributed by atoms with Gasteiger partial charge < -0.3 is 5.11 Å². The Balaban J connectivity index is 2.02. The van der Waals surface area contributed by atoms with E-state index in [0.717, 1.165) is 16.9 Å². The van der Waals surface area contributed by atoms with Crippen LogP contribution in [0.3, 0.4) is 0 Å². The summed E-state index contributed by atoms with van der Waals surface area (Å²) in [5.41, 5.74) is 2.61. The quantitative estimate of drug-likeness (QED) is 0.701. The van der Waals surface area contributed by atoms with Crippen molar-refractivity contribution in [3.63, 3.8) is 0 Å². The first kappa shape index (κ1) is 13.8. The molecule has 5 heteroatoms. The average Bonchev–Trinajstić information content (AvgIpc) is 2.49. The average molecular weight is 315 g/mol. The molecule has 104 valence electrons. The molecular formula is C16H11ClN2OS. The number of aromatic hydroxyl groups is 1. The lowest BCUT2D eigenvalue weighted by Gasteiger charge is -2.08. The molecule has 0 spiro atoms. The third-order valence-electron chi connectivity index (χ3n) is 3.07. The van der Waals surface area contributed by atoms with Crippen molar-refractivity contribution in [1.29, 1.82) is 0 Å². The van der Waals surface area contributed by atoms with Gasteiger partial charge >= 0.3 is 0 Å². The normalized spacial score (nSPS) is 10.5. The molecule has 1 aromatic heterocycles. The van der Waals surface area contributed by atoms with E-state index >= 15 is 0 Å². The summed E-state index contributed by atoms with van der Waals surface area (Å²) in [7, 11) is 0. The third kappa shape index (κ3) is 2.96. The fourth-order valence-electron chi connectivity index (χ4n) is 1.99. The van der Waals surface area contributed by atoms with Crippen LogP contribution in [0.5, 0.6) is 5.75 Å². The highest BCUT2D eigenvalue weighted by Gasteiger charge is 2.03. The van der Waals surface area contributed by atoms with Crippen LogP contribution in [0.1, 0.15) is 0 Å². The predicted molar refractivity (Wildman–Crippen MR) is 86.5 cm³/mol. The van der Waals surface area contributed by atoms with Crippen LogP contribution in [0.4, 0.5) is 0 Å². The first-order valence-corrected chi connectivity index (χ1v) is 7.07. The van der Waals surface area contributed by atoms with Crippen molar-refractivity contribution in [3.05, 3.63) is 70.6 Å². The van der Waals surface area contributed by atoms with Crippen molar-refractivity contribution in [2.45, 2.75) is 0 Å². The van der Waals surface area contributed by atoms with E-state index in [1.165, 1.54) is 0 Å². The summed E-state index contributed by atoms with van der Waals surface area (Å²) < 4.78 is 2.24. The van der Waals surface area contributed by atoms with E-state index in [0.29, 0.717) is 9.79 Å². The van der Waals surface area contributed by atoms with E-state index in [-0.39, 0.29) is 5.75 Å². The molecule has 3 nitrogen and oxygen atoms in total. The van der Waals surface area contributed by atoms with E-state index in [1.807, 2.05) is 36.5 Å². The second-order valence-corrected chi connectivity index (χ2v) is 5.29. The molecule has 0 radical (unpaired) electrons. The number of halogens is 1. The van der Waals surface area contributed by atoms with E-state index in [9.17, 15) is 5.11 Å². The summed E-state index contributed by atoms with van der Waals surface area (Å²) in [5, 5.41) is 10.0. The highest BCUT2D eigenvalue weighted by Crippen LogP contribution is 2.20. The Kier molecular flexibility index (Phi) is 3.73. The lowest BCUT2D eigenvalue weighted by molar-refractivity contribution is 0.475. The molecule has 0 saturated heterocycles. The van der Waals surface area contributed by atoms with Crippen LogP contribution >= 0.6 is 23.8 Å². The maximum Gasteiger partial charge on any atom is 0.204 e. The fourth-order valence-corrected chi connectivity index (χ4v) is 2.38. The summed E-state index contributed by atoms with van der Waals surface area (Å²) >= 11 is 11.2. The van der Waals surface area contributed by atoms with Gasteiger partial charge in [0.1, 0.15) is 5.75 Å². The topological polar surface area (TPSA) is 38.0 Å². The van der Waals surface area contributed by atoms with E-state index in [1.54, 1.807) is 28.8 Å². The summed E-state index contributed by atoms with van der Waals surface area (Å²) in [4.78, 5) is 4.44. The number of nitrogens with zero attached hydrogens (tertiary/aromatic N) is 2. The molecule has 0 unspecified atom stereocenters. The van der Waals surface area contributed by atoms with E-state index in [2.05, 4.69) is 4.98 Å². The first-order valence-electron chi connectivity index (χ1n) is 6.28. The van der Waals surface area contributed by atoms with Crippen LogP contribution in [0.15, 0.2) is 60.8 Å². The molecule has 1 N–H and O–H groups in total. The smallest absolute Gasteiger partial charge is 0.204 e. The van der Waals surface area contributed by atoms with Gasteiger partial charge in [-0.05, 0) is 54.7 Å². The summed E-state index contributed by atoms with van der Waals surface area (Å²) in [6.45, 7) is 0. The van der Waals surface area contributed by atoms with Crippen molar-refractivity contribution >= 4 is 23.8 Å². The van der Waals surface area contributed by atoms with Crippen LogP contribution in [-0.4, -0.2) is 14.7 Å². The van der Waals surface area contributed by atoms with Crippen molar-refractivity contribution in [2.75, 3.05) is 0 Å². The maximum atomic E-state index is 9.33. The van der Waals surface area contributed by atoms with Gasteiger partial charge in [-0.3, -0.25) is 4.57 Å². The Bertz CT molecular complexity index is 826. The molecule has 1 heterocycles. The molecule has 3 aromatic rings. The molecule has 0 fully saturated rings. The van der Waals surface area contributed by atoms with Gasteiger partial charge in [0.2, 0.25) is 4.77 Å². The molecule has 0 aliphatic rings. The van der Waals surface area contributed by atoms with Gasteiger partial charge in [0.15, 0.2) is 0 Å². The zero-order chi connectivity index (χ0) is 14.8. The molecule has 21 heavy (non-hydrogen) atoms. The summed E-state index contributed by atoms with van der Waals surface area (Å²) in [6.07, 6.45) is 1.87. The number of phenolic OH excluding ortho intramolecular Hbond substituents is 1. The molecule has 2 aromatic carbocycles. The molecule has 0 saturated carbocycles. The third-order valence-corrected chi connectivity index (χ3v) is 3.61. The second-order valence-electron chi connectivity index (χ2n) is 4.49. The fraction of sp³-hybridized carbons (Fsp3) is 0. The molecular weight excluding hydrogens is 304 g/mol. The summed E-state index contributed by atoms with van der Waals surface area (Å²) in [5.74, 6) is 0.219. The Hall–Kier alpha value is -2.17. The number of benzene rings is 2. The SMILES string of the molecule is Oc1ccc(-n2ccc(-c3ccc(Cl)cc3)nc2=S)cc1. The number of rotatable bonds is 2. The van der Waals surface area contributed by atoms with Gasteiger partial charge in [-0.1, -0.05) is 23.7 Å². The highest BCUT2D eigenvalue weighted by molar-refractivity contribution is 7.71. The molecule has 0 atom stereocenters. The zero-order valence-electron chi connectivity index (χ0n) is 10.9. The van der Waals surface area contributed by atoms with Gasteiger partial charge in [0.05, 0.1) is 5.69 Å². The number of hydrogen-bond donors (Lipinski definition) is 1. The Morgan fingerprint density at radius 3 is 2.24 bits per heavy atom. The summed E-state index contributed by atoms with van der Waals surface area (Å²) in [6, 6.07) is 16.2. The minimum Gasteiger partial charge on any atom is -0.508 e. The van der Waals surface area contributed by atoms with Crippen LogP contribution in [0, 0.1) is 4.77 Å². The Morgan fingerprint density at radius 2 is 1.62 bits per heavy atom. The monoisotopic (exact) mass is 314 g/mol. The minimum atomic E-state index is 0.219. The van der Waals surface area contributed by atoms with Crippen LogP contribution in [0.2, 0.25) is 5.02 Å². The molecule has 3 rings (SSSR count). The Labute approximate surface area is 132 Å². The molecule has 0 bridgehead atoms. The first-order chi connectivity index (χ1) is 10.1. The maximum absolute atomic E-state index is 9.33. The number of phenols is 1. The van der Waals surface area contributed by atoms with Gasteiger partial charge in [-0.25, -0.2) is 4.98 Å². The number of aromatic nitrogens is 2. The van der Waals surface area contributed by atoms with Crippen molar-refractivity contribution in [1.82, 2.24) is 9.55 Å². The van der Waals surface area contributed by atoms with Gasteiger partial charge in [0, 0.05) is 22.5 Å². The largest absolute Gasteiger partial charge is 0.508 e. The van der Waals surface area contributed by atoms with Crippen molar-refractivity contribution < 1.29 is 5.11 Å².